The number of piperidine rings is 1. The lowest BCUT2D eigenvalue weighted by Gasteiger charge is -2.35. The molecule has 146 valence electrons. The van der Waals surface area contributed by atoms with Crippen LogP contribution >= 0.6 is 11.3 Å². The second-order valence-electron chi connectivity index (χ2n) is 7.01. The molecule has 27 heavy (non-hydrogen) atoms. The van der Waals surface area contributed by atoms with Crippen molar-refractivity contribution in [1.82, 2.24) is 15.2 Å². The van der Waals surface area contributed by atoms with Crippen LogP contribution in [0.15, 0.2) is 35.2 Å². The van der Waals surface area contributed by atoms with E-state index in [-0.39, 0.29) is 5.91 Å². The summed E-state index contributed by atoms with van der Waals surface area (Å²) in [4.78, 5) is 19.5. The van der Waals surface area contributed by atoms with Crippen LogP contribution in [0.1, 0.15) is 55.1 Å². The number of carbonyl (C=O) groups excluding carboxylic acids is 1. The lowest BCUT2D eigenvalue weighted by atomic mass is 10.0. The molecule has 2 heterocycles. The molecule has 0 aliphatic carbocycles. The zero-order valence-electron chi connectivity index (χ0n) is 16.0. The number of amides is 1. The number of rotatable bonds is 9. The van der Waals surface area contributed by atoms with Crippen LogP contribution in [0.4, 0.5) is 0 Å². The predicted molar refractivity (Wildman–Crippen MR) is 109 cm³/mol. The number of aromatic nitrogens is 1. The third-order valence-electron chi connectivity index (χ3n) is 5.04. The standard InChI is InChI=1S/C21H29N3O2S/c1-2-3-11-24-12-7-6-8-18(24)13-22-21(25)19-9-4-5-10-20(19)26-14-17-15-27-16-23-17/h4-5,9-10,15-16,18H,2-3,6-8,11-14H2,1H3,(H,22,25). The number of ether oxygens (including phenoxy) is 1. The van der Waals surface area contributed by atoms with Gasteiger partial charge in [-0.2, -0.15) is 0 Å². The molecule has 1 N–H and O–H groups in total. The van der Waals surface area contributed by atoms with Crippen molar-refractivity contribution in [2.75, 3.05) is 19.6 Å². The number of hydrogen-bond acceptors (Lipinski definition) is 5. The maximum Gasteiger partial charge on any atom is 0.255 e. The molecule has 1 aliphatic rings. The molecule has 1 saturated heterocycles. The number of hydrogen-bond donors (Lipinski definition) is 1. The van der Waals surface area contributed by atoms with Crippen LogP contribution in [-0.2, 0) is 6.61 Å². The van der Waals surface area contributed by atoms with E-state index in [0.717, 1.165) is 25.2 Å². The number of thiazole rings is 1. The fraction of sp³-hybridized carbons (Fsp3) is 0.524. The van der Waals surface area contributed by atoms with Crippen molar-refractivity contribution in [3.8, 4) is 5.75 Å². The van der Waals surface area contributed by atoms with E-state index in [1.54, 1.807) is 5.51 Å². The summed E-state index contributed by atoms with van der Waals surface area (Å²) in [7, 11) is 0. The first kappa shape index (κ1) is 19.8. The second kappa shape index (κ2) is 10.4. The fourth-order valence-corrected chi connectivity index (χ4v) is 4.04. The largest absolute Gasteiger partial charge is 0.486 e. The number of nitrogens with zero attached hydrogens (tertiary/aromatic N) is 2. The van der Waals surface area contributed by atoms with Gasteiger partial charge in [0.2, 0.25) is 0 Å². The first-order chi connectivity index (χ1) is 13.3. The molecule has 3 rings (SSSR count). The van der Waals surface area contributed by atoms with Gasteiger partial charge in [0, 0.05) is 18.0 Å². The smallest absolute Gasteiger partial charge is 0.255 e. The maximum atomic E-state index is 12.8. The number of likely N-dealkylation sites (tertiary alicyclic amines) is 1. The van der Waals surface area contributed by atoms with Gasteiger partial charge in [0.15, 0.2) is 0 Å². The van der Waals surface area contributed by atoms with Crippen molar-refractivity contribution in [3.63, 3.8) is 0 Å². The molecule has 1 unspecified atom stereocenters. The van der Waals surface area contributed by atoms with Gasteiger partial charge in [0.25, 0.3) is 5.91 Å². The molecular formula is C21H29N3O2S. The van der Waals surface area contributed by atoms with Gasteiger partial charge < -0.3 is 10.1 Å². The third-order valence-corrected chi connectivity index (χ3v) is 5.67. The molecule has 1 fully saturated rings. The van der Waals surface area contributed by atoms with E-state index in [4.69, 9.17) is 4.74 Å². The Balaban J connectivity index is 1.57. The molecule has 2 aromatic rings. The summed E-state index contributed by atoms with van der Waals surface area (Å²) < 4.78 is 5.84. The lowest BCUT2D eigenvalue weighted by Crippen LogP contribution is -2.47. The highest BCUT2D eigenvalue weighted by Crippen LogP contribution is 2.21. The minimum Gasteiger partial charge on any atom is -0.486 e. The first-order valence-corrected chi connectivity index (χ1v) is 10.8. The van der Waals surface area contributed by atoms with Crippen molar-refractivity contribution in [3.05, 3.63) is 46.4 Å². The van der Waals surface area contributed by atoms with Gasteiger partial charge in [-0.25, -0.2) is 4.98 Å². The molecule has 1 amide bonds. The van der Waals surface area contributed by atoms with E-state index < -0.39 is 0 Å². The van der Waals surface area contributed by atoms with Gasteiger partial charge >= 0.3 is 0 Å². The zero-order valence-corrected chi connectivity index (χ0v) is 16.8. The lowest BCUT2D eigenvalue weighted by molar-refractivity contribution is 0.0908. The third kappa shape index (κ3) is 5.78. The summed E-state index contributed by atoms with van der Waals surface area (Å²) in [5, 5.41) is 5.09. The summed E-state index contributed by atoms with van der Waals surface area (Å²) in [6.07, 6.45) is 6.10. The summed E-state index contributed by atoms with van der Waals surface area (Å²) in [5.41, 5.74) is 3.25. The first-order valence-electron chi connectivity index (χ1n) is 9.89. The topological polar surface area (TPSA) is 54.5 Å². The maximum absolute atomic E-state index is 12.8. The van der Waals surface area contributed by atoms with Crippen LogP contribution in [0, 0.1) is 0 Å². The van der Waals surface area contributed by atoms with Crippen molar-refractivity contribution in [2.24, 2.45) is 0 Å². The van der Waals surface area contributed by atoms with Gasteiger partial charge in [0.05, 0.1) is 16.8 Å². The number of unbranched alkanes of at least 4 members (excludes halogenated alkanes) is 1. The Morgan fingerprint density at radius 3 is 3.07 bits per heavy atom. The van der Waals surface area contributed by atoms with E-state index in [9.17, 15) is 4.79 Å². The number of benzene rings is 1. The molecule has 0 saturated carbocycles. The average Bonchev–Trinajstić information content (AvgIpc) is 3.23. The van der Waals surface area contributed by atoms with Crippen LogP contribution < -0.4 is 10.1 Å². The van der Waals surface area contributed by atoms with Crippen LogP contribution in [0.5, 0.6) is 5.75 Å². The average molecular weight is 388 g/mol. The predicted octanol–water partition coefficient (Wildman–Crippen LogP) is 4.11. The van der Waals surface area contributed by atoms with Crippen molar-refractivity contribution < 1.29 is 9.53 Å². The van der Waals surface area contributed by atoms with Crippen molar-refractivity contribution >= 4 is 17.2 Å². The number of nitrogens with one attached hydrogen (secondary N) is 1. The zero-order chi connectivity index (χ0) is 18.9. The van der Waals surface area contributed by atoms with E-state index in [2.05, 4.69) is 22.1 Å². The highest BCUT2D eigenvalue weighted by atomic mass is 32.1. The minimum absolute atomic E-state index is 0.0649. The molecule has 0 bridgehead atoms. The van der Waals surface area contributed by atoms with Crippen molar-refractivity contribution in [2.45, 2.75) is 51.7 Å². The molecule has 6 heteroatoms. The Hall–Kier alpha value is -1.92. The molecule has 5 nitrogen and oxygen atoms in total. The molecule has 0 radical (unpaired) electrons. The Morgan fingerprint density at radius 1 is 1.37 bits per heavy atom. The Bertz CT molecular complexity index is 705. The van der Waals surface area contributed by atoms with Crippen LogP contribution in [0.2, 0.25) is 0 Å². The monoisotopic (exact) mass is 387 g/mol. The van der Waals surface area contributed by atoms with Gasteiger partial charge in [-0.05, 0) is 44.5 Å². The van der Waals surface area contributed by atoms with Gasteiger partial charge in [-0.1, -0.05) is 31.9 Å². The molecule has 1 aliphatic heterocycles. The highest BCUT2D eigenvalue weighted by molar-refractivity contribution is 7.07. The van der Waals surface area contributed by atoms with Crippen LogP contribution in [0.25, 0.3) is 0 Å². The van der Waals surface area contributed by atoms with E-state index in [1.807, 2.05) is 29.6 Å². The van der Waals surface area contributed by atoms with E-state index >= 15 is 0 Å². The van der Waals surface area contributed by atoms with Crippen molar-refractivity contribution in [1.29, 1.82) is 0 Å². The van der Waals surface area contributed by atoms with Gasteiger partial charge in [-0.15, -0.1) is 11.3 Å². The molecular weight excluding hydrogens is 358 g/mol. The summed E-state index contributed by atoms with van der Waals surface area (Å²) in [5.74, 6) is 0.541. The molecule has 0 spiro atoms. The minimum atomic E-state index is -0.0649. The molecule has 1 aromatic heterocycles. The number of para-hydroxylation sites is 1. The second-order valence-corrected chi connectivity index (χ2v) is 7.73. The van der Waals surface area contributed by atoms with Gasteiger partial charge in [-0.3, -0.25) is 9.69 Å². The summed E-state index contributed by atoms with van der Waals surface area (Å²) in [6.45, 7) is 5.58. The molecule has 1 aromatic carbocycles. The Kier molecular flexibility index (Phi) is 7.66. The Labute approximate surface area is 165 Å². The highest BCUT2D eigenvalue weighted by Gasteiger charge is 2.23. The summed E-state index contributed by atoms with van der Waals surface area (Å²) in [6, 6.07) is 7.87. The van der Waals surface area contributed by atoms with Crippen LogP contribution in [0.3, 0.4) is 0 Å². The fourth-order valence-electron chi connectivity index (χ4n) is 3.49. The van der Waals surface area contributed by atoms with E-state index in [1.165, 1.54) is 37.0 Å². The summed E-state index contributed by atoms with van der Waals surface area (Å²) >= 11 is 1.54. The SMILES string of the molecule is CCCCN1CCCCC1CNC(=O)c1ccccc1OCc1cscn1. The van der Waals surface area contributed by atoms with Crippen LogP contribution in [-0.4, -0.2) is 41.5 Å². The Morgan fingerprint density at radius 2 is 2.26 bits per heavy atom. The van der Waals surface area contributed by atoms with Gasteiger partial charge in [0.1, 0.15) is 12.4 Å². The number of carbonyl (C=O) groups is 1. The molecule has 1 atom stereocenters. The quantitative estimate of drug-likeness (QED) is 0.704. The van der Waals surface area contributed by atoms with E-state index in [0.29, 0.717) is 30.5 Å². The normalized spacial score (nSPS) is 17.6.